The Morgan fingerprint density at radius 1 is 1.53 bits per heavy atom. The summed E-state index contributed by atoms with van der Waals surface area (Å²) in [7, 11) is 1.83. The topological polar surface area (TPSA) is 49.0 Å². The molecule has 84 valence electrons. The minimum Gasteiger partial charge on any atom is -0.341 e. The van der Waals surface area contributed by atoms with Gasteiger partial charge in [-0.05, 0) is 5.92 Å². The number of carbonyl (C=O) groups is 1. The molecule has 0 saturated carbocycles. The molecule has 0 radical (unpaired) electrons. The number of hydrogen-bond acceptors (Lipinski definition) is 2. The third kappa shape index (κ3) is 3.08. The van der Waals surface area contributed by atoms with Gasteiger partial charge >= 0.3 is 0 Å². The predicted molar refractivity (Wildman–Crippen MR) is 59.1 cm³/mol. The van der Waals surface area contributed by atoms with Crippen LogP contribution in [0.2, 0.25) is 0 Å². The lowest BCUT2D eigenvalue weighted by atomic mass is 9.97. The van der Waals surface area contributed by atoms with Crippen LogP contribution in [0.25, 0.3) is 0 Å². The number of H-pyrrole nitrogens is 1. The van der Waals surface area contributed by atoms with Gasteiger partial charge in [0.25, 0.3) is 0 Å². The molecule has 1 rings (SSSR count). The van der Waals surface area contributed by atoms with E-state index >= 15 is 0 Å². The Kier molecular flexibility index (Phi) is 3.88. The first-order chi connectivity index (χ1) is 7.02. The molecule has 0 saturated heterocycles. The van der Waals surface area contributed by atoms with E-state index in [1.165, 1.54) is 0 Å². The average molecular weight is 209 g/mol. The van der Waals surface area contributed by atoms with Gasteiger partial charge < -0.3 is 4.90 Å². The van der Waals surface area contributed by atoms with E-state index in [2.05, 4.69) is 24.0 Å². The van der Waals surface area contributed by atoms with E-state index in [4.69, 9.17) is 0 Å². The Labute approximate surface area is 90.7 Å². The maximum absolute atomic E-state index is 11.9. The van der Waals surface area contributed by atoms with Crippen LogP contribution in [0.3, 0.4) is 0 Å². The highest BCUT2D eigenvalue weighted by Crippen LogP contribution is 2.13. The average Bonchev–Trinajstić information content (AvgIpc) is 2.67. The number of rotatable bonds is 4. The molecule has 1 aromatic heterocycles. The monoisotopic (exact) mass is 209 g/mol. The first-order valence-corrected chi connectivity index (χ1v) is 5.25. The molecule has 0 aliphatic carbocycles. The largest absolute Gasteiger partial charge is 0.341 e. The van der Waals surface area contributed by atoms with Crippen molar-refractivity contribution in [1.29, 1.82) is 0 Å². The highest BCUT2D eigenvalue weighted by molar-refractivity contribution is 5.78. The van der Waals surface area contributed by atoms with E-state index in [9.17, 15) is 4.79 Å². The van der Waals surface area contributed by atoms with Crippen LogP contribution in [0.5, 0.6) is 0 Å². The van der Waals surface area contributed by atoms with Crippen LogP contribution in [0.15, 0.2) is 12.4 Å². The van der Waals surface area contributed by atoms with Gasteiger partial charge in [-0.1, -0.05) is 20.8 Å². The summed E-state index contributed by atoms with van der Waals surface area (Å²) in [5.41, 5.74) is 1.03. The van der Waals surface area contributed by atoms with Crippen LogP contribution in [-0.4, -0.2) is 28.1 Å². The normalized spacial score (nSPS) is 12.9. The molecule has 1 unspecified atom stereocenters. The van der Waals surface area contributed by atoms with Crippen molar-refractivity contribution < 1.29 is 4.79 Å². The Balaban J connectivity index is 2.54. The molecular formula is C11H19N3O. The summed E-state index contributed by atoms with van der Waals surface area (Å²) >= 11 is 0. The summed E-state index contributed by atoms with van der Waals surface area (Å²) in [6.07, 6.45) is 3.55. The maximum Gasteiger partial charge on any atom is 0.225 e. The third-order valence-corrected chi connectivity index (χ3v) is 2.74. The van der Waals surface area contributed by atoms with Gasteiger partial charge in [0.05, 0.1) is 6.20 Å². The first-order valence-electron chi connectivity index (χ1n) is 5.25. The summed E-state index contributed by atoms with van der Waals surface area (Å²) in [5.74, 6) is 0.636. The van der Waals surface area contributed by atoms with Crippen molar-refractivity contribution in [1.82, 2.24) is 15.1 Å². The van der Waals surface area contributed by atoms with E-state index in [0.717, 1.165) is 5.56 Å². The Morgan fingerprint density at radius 2 is 2.20 bits per heavy atom. The number of amides is 1. The highest BCUT2D eigenvalue weighted by atomic mass is 16.2. The minimum absolute atomic E-state index is 0.0712. The summed E-state index contributed by atoms with van der Waals surface area (Å²) in [6.45, 7) is 6.72. The molecule has 0 fully saturated rings. The Hall–Kier alpha value is -1.32. The molecule has 0 spiro atoms. The number of hydrogen-bond donors (Lipinski definition) is 1. The van der Waals surface area contributed by atoms with Crippen molar-refractivity contribution in [2.45, 2.75) is 27.3 Å². The van der Waals surface area contributed by atoms with E-state index in [0.29, 0.717) is 12.5 Å². The van der Waals surface area contributed by atoms with Crippen molar-refractivity contribution in [3.63, 3.8) is 0 Å². The SMILES string of the molecule is CC(C)C(C)C(=O)N(C)Cc1cn[nH]c1. The standard InChI is InChI=1S/C11H19N3O/c1-8(2)9(3)11(15)14(4)7-10-5-12-13-6-10/h5-6,8-9H,7H2,1-4H3,(H,12,13). The predicted octanol–water partition coefficient (Wildman–Crippen LogP) is 1.66. The molecule has 1 atom stereocenters. The van der Waals surface area contributed by atoms with Crippen LogP contribution in [0.1, 0.15) is 26.3 Å². The second kappa shape index (κ2) is 4.96. The molecule has 0 aliphatic rings. The number of carbonyl (C=O) groups excluding carboxylic acids is 1. The third-order valence-electron chi connectivity index (χ3n) is 2.74. The van der Waals surface area contributed by atoms with Gasteiger partial charge in [-0.3, -0.25) is 9.89 Å². The lowest BCUT2D eigenvalue weighted by molar-refractivity contribution is -0.135. The van der Waals surface area contributed by atoms with Crippen molar-refractivity contribution in [3.8, 4) is 0 Å². The second-order valence-corrected chi connectivity index (χ2v) is 4.33. The van der Waals surface area contributed by atoms with Crippen molar-refractivity contribution >= 4 is 5.91 Å². The minimum atomic E-state index is 0.0712. The molecule has 4 heteroatoms. The quantitative estimate of drug-likeness (QED) is 0.819. The number of nitrogens with zero attached hydrogens (tertiary/aromatic N) is 2. The molecule has 1 amide bonds. The fourth-order valence-electron chi connectivity index (χ4n) is 1.35. The van der Waals surface area contributed by atoms with E-state index in [1.807, 2.05) is 20.2 Å². The Bertz CT molecular complexity index is 306. The van der Waals surface area contributed by atoms with Crippen LogP contribution < -0.4 is 0 Å². The fraction of sp³-hybridized carbons (Fsp3) is 0.636. The highest BCUT2D eigenvalue weighted by Gasteiger charge is 2.20. The van der Waals surface area contributed by atoms with E-state index in [-0.39, 0.29) is 11.8 Å². The van der Waals surface area contributed by atoms with Crippen LogP contribution in [0.4, 0.5) is 0 Å². The van der Waals surface area contributed by atoms with Gasteiger partial charge in [-0.15, -0.1) is 0 Å². The summed E-state index contributed by atoms with van der Waals surface area (Å²) in [6, 6.07) is 0. The fourth-order valence-corrected chi connectivity index (χ4v) is 1.35. The molecule has 0 aliphatic heterocycles. The van der Waals surface area contributed by atoms with E-state index < -0.39 is 0 Å². The van der Waals surface area contributed by atoms with Crippen LogP contribution in [0, 0.1) is 11.8 Å². The lowest BCUT2D eigenvalue weighted by Crippen LogP contribution is -2.33. The molecule has 0 bridgehead atoms. The van der Waals surface area contributed by atoms with Crippen LogP contribution >= 0.6 is 0 Å². The van der Waals surface area contributed by atoms with Crippen molar-refractivity contribution in [2.24, 2.45) is 11.8 Å². The number of aromatic amines is 1. The van der Waals surface area contributed by atoms with Gasteiger partial charge in [0.1, 0.15) is 0 Å². The van der Waals surface area contributed by atoms with Gasteiger partial charge in [0, 0.05) is 31.3 Å². The van der Waals surface area contributed by atoms with Crippen LogP contribution in [-0.2, 0) is 11.3 Å². The first kappa shape index (κ1) is 11.8. The zero-order valence-electron chi connectivity index (χ0n) is 9.82. The molecule has 1 heterocycles. The van der Waals surface area contributed by atoms with Gasteiger partial charge in [-0.25, -0.2) is 0 Å². The summed E-state index contributed by atoms with van der Waals surface area (Å²) in [5, 5.41) is 6.59. The molecule has 1 N–H and O–H groups in total. The molecule has 1 aromatic rings. The Morgan fingerprint density at radius 3 is 2.67 bits per heavy atom. The molecule has 4 nitrogen and oxygen atoms in total. The molecule has 15 heavy (non-hydrogen) atoms. The summed E-state index contributed by atoms with van der Waals surface area (Å²) in [4.78, 5) is 13.7. The lowest BCUT2D eigenvalue weighted by Gasteiger charge is -2.22. The zero-order chi connectivity index (χ0) is 11.4. The second-order valence-electron chi connectivity index (χ2n) is 4.33. The molecular weight excluding hydrogens is 190 g/mol. The number of aromatic nitrogens is 2. The smallest absolute Gasteiger partial charge is 0.225 e. The van der Waals surface area contributed by atoms with Crippen molar-refractivity contribution in [2.75, 3.05) is 7.05 Å². The van der Waals surface area contributed by atoms with E-state index in [1.54, 1.807) is 11.1 Å². The van der Waals surface area contributed by atoms with Gasteiger partial charge in [0.15, 0.2) is 0 Å². The number of nitrogens with one attached hydrogen (secondary N) is 1. The zero-order valence-corrected chi connectivity index (χ0v) is 9.82. The summed E-state index contributed by atoms with van der Waals surface area (Å²) < 4.78 is 0. The maximum atomic E-state index is 11.9. The van der Waals surface area contributed by atoms with Crippen molar-refractivity contribution in [3.05, 3.63) is 18.0 Å². The molecule has 0 aromatic carbocycles. The van der Waals surface area contributed by atoms with Gasteiger partial charge in [-0.2, -0.15) is 5.10 Å². The van der Waals surface area contributed by atoms with Gasteiger partial charge in [0.2, 0.25) is 5.91 Å².